The number of carbonyl (C=O) groups excluding carboxylic acids is 1. The Kier molecular flexibility index (Phi) is 3.52. The van der Waals surface area contributed by atoms with Gasteiger partial charge in [0.1, 0.15) is 0 Å². The predicted octanol–water partition coefficient (Wildman–Crippen LogP) is 1.98. The maximum absolute atomic E-state index is 12.4. The average molecular weight is 271 g/mol. The molecule has 1 aliphatic rings. The fourth-order valence-corrected chi connectivity index (χ4v) is 2.50. The first-order chi connectivity index (χ1) is 9.78. The number of amides is 1. The zero-order chi connectivity index (χ0) is 13.9. The number of aromatic amines is 1. The molecule has 0 saturated carbocycles. The highest BCUT2D eigenvalue weighted by molar-refractivity contribution is 5.97. The van der Waals surface area contributed by atoms with Gasteiger partial charge >= 0.3 is 0 Å². The van der Waals surface area contributed by atoms with E-state index in [0.29, 0.717) is 18.7 Å². The number of hydrogen-bond acceptors (Lipinski definition) is 3. The SMILES string of the molecule is C=CCOC1CCN(C(=O)c2ccc3nc[nH]c3c2)C1. The molecule has 2 aromatic rings. The summed E-state index contributed by atoms with van der Waals surface area (Å²) >= 11 is 0. The van der Waals surface area contributed by atoms with Gasteiger partial charge in [-0.3, -0.25) is 4.79 Å². The second-order valence-corrected chi connectivity index (χ2v) is 4.92. The minimum atomic E-state index is 0.0474. The van der Waals surface area contributed by atoms with Crippen LogP contribution in [0.3, 0.4) is 0 Å². The molecular formula is C15H17N3O2. The number of nitrogens with one attached hydrogen (secondary N) is 1. The van der Waals surface area contributed by atoms with Gasteiger partial charge in [0, 0.05) is 18.7 Å². The zero-order valence-corrected chi connectivity index (χ0v) is 11.2. The highest BCUT2D eigenvalue weighted by Gasteiger charge is 2.27. The lowest BCUT2D eigenvalue weighted by atomic mass is 10.2. The molecule has 1 aliphatic heterocycles. The summed E-state index contributed by atoms with van der Waals surface area (Å²) in [5, 5.41) is 0. The lowest BCUT2D eigenvalue weighted by Gasteiger charge is -2.16. The third-order valence-electron chi connectivity index (χ3n) is 3.55. The van der Waals surface area contributed by atoms with Gasteiger partial charge < -0.3 is 14.6 Å². The normalized spacial score (nSPS) is 18.6. The maximum atomic E-state index is 12.4. The van der Waals surface area contributed by atoms with Crippen molar-refractivity contribution in [3.8, 4) is 0 Å². The van der Waals surface area contributed by atoms with E-state index in [1.165, 1.54) is 0 Å². The maximum Gasteiger partial charge on any atom is 0.254 e. The molecule has 5 nitrogen and oxygen atoms in total. The Morgan fingerprint density at radius 1 is 1.60 bits per heavy atom. The number of nitrogens with zero attached hydrogens (tertiary/aromatic N) is 2. The number of imidazole rings is 1. The predicted molar refractivity (Wildman–Crippen MR) is 76.6 cm³/mol. The van der Waals surface area contributed by atoms with Gasteiger partial charge in [-0.25, -0.2) is 4.98 Å². The van der Waals surface area contributed by atoms with Crippen LogP contribution in [0, 0.1) is 0 Å². The van der Waals surface area contributed by atoms with Crippen LogP contribution in [-0.2, 0) is 4.74 Å². The Hall–Kier alpha value is -2.14. The Bertz CT molecular complexity index is 635. The molecule has 0 radical (unpaired) electrons. The van der Waals surface area contributed by atoms with Crippen LogP contribution in [-0.4, -0.2) is 46.6 Å². The summed E-state index contributed by atoms with van der Waals surface area (Å²) in [6.45, 7) is 5.55. The number of fused-ring (bicyclic) bond motifs is 1. The highest BCUT2D eigenvalue weighted by atomic mass is 16.5. The molecule has 5 heteroatoms. The van der Waals surface area contributed by atoms with E-state index in [2.05, 4.69) is 16.5 Å². The van der Waals surface area contributed by atoms with E-state index in [-0.39, 0.29) is 12.0 Å². The molecule has 2 heterocycles. The molecule has 1 aromatic carbocycles. The molecule has 1 amide bonds. The number of aromatic nitrogens is 2. The van der Waals surface area contributed by atoms with E-state index < -0.39 is 0 Å². The van der Waals surface area contributed by atoms with Crippen LogP contribution < -0.4 is 0 Å². The van der Waals surface area contributed by atoms with Gasteiger partial charge in [0.05, 0.1) is 30.1 Å². The van der Waals surface area contributed by atoms with Crippen molar-refractivity contribution < 1.29 is 9.53 Å². The smallest absolute Gasteiger partial charge is 0.254 e. The molecule has 1 unspecified atom stereocenters. The second-order valence-electron chi connectivity index (χ2n) is 4.92. The molecule has 20 heavy (non-hydrogen) atoms. The minimum absolute atomic E-state index is 0.0474. The molecule has 1 atom stereocenters. The van der Waals surface area contributed by atoms with Gasteiger partial charge in [-0.2, -0.15) is 0 Å². The van der Waals surface area contributed by atoms with E-state index in [9.17, 15) is 4.79 Å². The van der Waals surface area contributed by atoms with Gasteiger partial charge in [0.2, 0.25) is 0 Å². The molecule has 0 bridgehead atoms. The van der Waals surface area contributed by atoms with Crippen LogP contribution in [0.25, 0.3) is 11.0 Å². The van der Waals surface area contributed by atoms with Crippen molar-refractivity contribution in [2.24, 2.45) is 0 Å². The van der Waals surface area contributed by atoms with Crippen LogP contribution in [0.15, 0.2) is 37.2 Å². The summed E-state index contributed by atoms with van der Waals surface area (Å²) in [5.74, 6) is 0.0474. The van der Waals surface area contributed by atoms with Gasteiger partial charge in [0.25, 0.3) is 5.91 Å². The largest absolute Gasteiger partial charge is 0.372 e. The zero-order valence-electron chi connectivity index (χ0n) is 11.2. The van der Waals surface area contributed by atoms with Crippen molar-refractivity contribution in [1.82, 2.24) is 14.9 Å². The standard InChI is InChI=1S/C15H17N3O2/c1-2-7-20-12-5-6-18(9-12)15(19)11-3-4-13-14(8-11)17-10-16-13/h2-4,8,10,12H,1,5-7,9H2,(H,16,17). The van der Waals surface area contributed by atoms with Crippen molar-refractivity contribution in [2.75, 3.05) is 19.7 Å². The molecular weight excluding hydrogens is 254 g/mol. The number of ether oxygens (including phenoxy) is 1. The quantitative estimate of drug-likeness (QED) is 0.865. The first-order valence-electron chi connectivity index (χ1n) is 6.73. The first kappa shape index (κ1) is 12.9. The summed E-state index contributed by atoms with van der Waals surface area (Å²) < 4.78 is 5.60. The number of H-pyrrole nitrogens is 1. The second kappa shape index (κ2) is 5.46. The monoisotopic (exact) mass is 271 g/mol. The van der Waals surface area contributed by atoms with Gasteiger partial charge in [-0.1, -0.05) is 6.08 Å². The van der Waals surface area contributed by atoms with Crippen molar-refractivity contribution in [1.29, 1.82) is 0 Å². The number of benzene rings is 1. The summed E-state index contributed by atoms with van der Waals surface area (Å²) in [6, 6.07) is 5.53. The van der Waals surface area contributed by atoms with Crippen LogP contribution in [0.4, 0.5) is 0 Å². The van der Waals surface area contributed by atoms with Crippen LogP contribution >= 0.6 is 0 Å². The van der Waals surface area contributed by atoms with Crippen molar-refractivity contribution in [3.63, 3.8) is 0 Å². The summed E-state index contributed by atoms with van der Waals surface area (Å²) in [7, 11) is 0. The Morgan fingerprint density at radius 3 is 3.35 bits per heavy atom. The third-order valence-corrected chi connectivity index (χ3v) is 3.55. The van der Waals surface area contributed by atoms with E-state index >= 15 is 0 Å². The van der Waals surface area contributed by atoms with Crippen molar-refractivity contribution in [3.05, 3.63) is 42.7 Å². The lowest BCUT2D eigenvalue weighted by molar-refractivity contribution is 0.0654. The molecule has 104 valence electrons. The minimum Gasteiger partial charge on any atom is -0.372 e. The molecule has 1 aromatic heterocycles. The third kappa shape index (κ3) is 2.44. The molecule has 1 fully saturated rings. The molecule has 0 aliphatic carbocycles. The number of likely N-dealkylation sites (tertiary alicyclic amines) is 1. The molecule has 0 spiro atoms. The van der Waals surface area contributed by atoms with Crippen LogP contribution in [0.2, 0.25) is 0 Å². The van der Waals surface area contributed by atoms with Crippen molar-refractivity contribution >= 4 is 16.9 Å². The number of hydrogen-bond donors (Lipinski definition) is 1. The van der Waals surface area contributed by atoms with Crippen molar-refractivity contribution in [2.45, 2.75) is 12.5 Å². The average Bonchev–Trinajstić information content (AvgIpc) is 3.12. The summed E-state index contributed by atoms with van der Waals surface area (Å²) in [5.41, 5.74) is 2.44. The fraction of sp³-hybridized carbons (Fsp3) is 0.333. The molecule has 3 rings (SSSR count). The number of carbonyl (C=O) groups is 1. The molecule has 1 N–H and O–H groups in total. The molecule has 1 saturated heterocycles. The van der Waals surface area contributed by atoms with E-state index in [0.717, 1.165) is 24.0 Å². The summed E-state index contributed by atoms with van der Waals surface area (Å²) in [6.07, 6.45) is 4.36. The van der Waals surface area contributed by atoms with Gasteiger partial charge in [0.15, 0.2) is 0 Å². The Labute approximate surface area is 117 Å². The number of rotatable bonds is 4. The van der Waals surface area contributed by atoms with Gasteiger partial charge in [-0.15, -0.1) is 6.58 Å². The first-order valence-corrected chi connectivity index (χ1v) is 6.73. The fourth-order valence-electron chi connectivity index (χ4n) is 2.50. The lowest BCUT2D eigenvalue weighted by Crippen LogP contribution is -2.30. The van der Waals surface area contributed by atoms with Gasteiger partial charge in [-0.05, 0) is 24.6 Å². The van der Waals surface area contributed by atoms with Crippen LogP contribution in [0.1, 0.15) is 16.8 Å². The summed E-state index contributed by atoms with van der Waals surface area (Å²) in [4.78, 5) is 21.5. The highest BCUT2D eigenvalue weighted by Crippen LogP contribution is 2.18. The Balaban J connectivity index is 1.71. The Morgan fingerprint density at radius 2 is 2.50 bits per heavy atom. The van der Waals surface area contributed by atoms with Crippen LogP contribution in [0.5, 0.6) is 0 Å². The van der Waals surface area contributed by atoms with E-state index in [1.807, 2.05) is 23.1 Å². The van der Waals surface area contributed by atoms with E-state index in [1.54, 1.807) is 12.4 Å². The topological polar surface area (TPSA) is 58.2 Å². The van der Waals surface area contributed by atoms with E-state index in [4.69, 9.17) is 4.74 Å².